The largest absolute Gasteiger partial charge is 0.396 e. The third-order valence-corrected chi connectivity index (χ3v) is 8.00. The predicted molar refractivity (Wildman–Crippen MR) is 173 cm³/mol. The molecular formula is C33H40N10O2. The van der Waals surface area contributed by atoms with Crippen molar-refractivity contribution < 1.29 is 9.90 Å². The summed E-state index contributed by atoms with van der Waals surface area (Å²) >= 11 is 0. The molecule has 0 saturated heterocycles. The van der Waals surface area contributed by atoms with Gasteiger partial charge in [0.05, 0.1) is 12.4 Å². The highest BCUT2D eigenvalue weighted by Crippen LogP contribution is 2.30. The van der Waals surface area contributed by atoms with Gasteiger partial charge in [-0.25, -0.2) is 14.8 Å². The molecule has 234 valence electrons. The molecule has 0 spiro atoms. The number of rotatable bonds is 11. The maximum Gasteiger partial charge on any atom is 0.323 e. The van der Waals surface area contributed by atoms with Crippen molar-refractivity contribution in [3.63, 3.8) is 0 Å². The minimum atomic E-state index is -0.364. The van der Waals surface area contributed by atoms with E-state index in [0.29, 0.717) is 36.2 Å². The fourth-order valence-corrected chi connectivity index (χ4v) is 5.29. The number of amides is 2. The van der Waals surface area contributed by atoms with E-state index in [1.54, 1.807) is 22.0 Å². The van der Waals surface area contributed by atoms with E-state index in [4.69, 9.17) is 4.98 Å². The molecule has 0 unspecified atom stereocenters. The summed E-state index contributed by atoms with van der Waals surface area (Å²) in [5, 5.41) is 33.1. The maximum atomic E-state index is 13.7. The van der Waals surface area contributed by atoms with Gasteiger partial charge in [-0.1, -0.05) is 44.2 Å². The van der Waals surface area contributed by atoms with E-state index in [9.17, 15) is 15.2 Å². The molecule has 45 heavy (non-hydrogen) atoms. The van der Waals surface area contributed by atoms with Gasteiger partial charge in [-0.15, -0.1) is 0 Å². The lowest BCUT2D eigenvalue weighted by Gasteiger charge is -2.36. The molecule has 1 saturated carbocycles. The van der Waals surface area contributed by atoms with E-state index in [2.05, 4.69) is 37.1 Å². The fourth-order valence-electron chi connectivity index (χ4n) is 5.29. The first-order chi connectivity index (χ1) is 21.7. The van der Waals surface area contributed by atoms with E-state index in [0.717, 1.165) is 42.4 Å². The summed E-state index contributed by atoms with van der Waals surface area (Å²) in [4.78, 5) is 29.1. The summed E-state index contributed by atoms with van der Waals surface area (Å²) in [5.74, 6) is 1.47. The Morgan fingerprint density at radius 3 is 2.49 bits per heavy atom. The Kier molecular flexibility index (Phi) is 9.89. The summed E-state index contributed by atoms with van der Waals surface area (Å²) in [6.07, 6.45) is 10.1. The van der Waals surface area contributed by atoms with Crippen molar-refractivity contribution in [1.29, 1.82) is 5.26 Å². The van der Waals surface area contributed by atoms with E-state index in [-0.39, 0.29) is 30.1 Å². The SMILES string of the molecule is Cn1cc(-c2ccc(N(C(=O)NCc3ccccc3)[C@H]3CC[C@H](Nc4ncc(C#N)c(NCC(C)(C)CO)n4)CC3)nc2)cn1. The van der Waals surface area contributed by atoms with Gasteiger partial charge < -0.3 is 21.1 Å². The molecule has 0 bridgehead atoms. The Morgan fingerprint density at radius 2 is 1.84 bits per heavy atom. The molecule has 12 nitrogen and oxygen atoms in total. The molecule has 1 fully saturated rings. The van der Waals surface area contributed by atoms with Crippen LogP contribution in [0.4, 0.5) is 22.4 Å². The first kappa shape index (κ1) is 31.4. The monoisotopic (exact) mass is 608 g/mol. The fraction of sp³-hybridized carbons (Fsp3) is 0.394. The lowest BCUT2D eigenvalue weighted by atomic mass is 9.90. The van der Waals surface area contributed by atoms with Gasteiger partial charge in [0.15, 0.2) is 0 Å². The Balaban J connectivity index is 1.27. The molecule has 2 amide bonds. The van der Waals surface area contributed by atoms with E-state index >= 15 is 0 Å². The van der Waals surface area contributed by atoms with Crippen molar-refractivity contribution >= 4 is 23.6 Å². The van der Waals surface area contributed by atoms with Crippen LogP contribution in [-0.4, -0.2) is 61.1 Å². The van der Waals surface area contributed by atoms with Crippen LogP contribution in [0, 0.1) is 16.7 Å². The summed E-state index contributed by atoms with van der Waals surface area (Å²) in [5.41, 5.74) is 2.90. The quantitative estimate of drug-likeness (QED) is 0.189. The number of nitrogens with one attached hydrogen (secondary N) is 3. The van der Waals surface area contributed by atoms with Crippen LogP contribution in [0.1, 0.15) is 50.7 Å². The van der Waals surface area contributed by atoms with Crippen molar-refractivity contribution in [3.8, 4) is 17.2 Å². The first-order valence-electron chi connectivity index (χ1n) is 15.2. The highest BCUT2D eigenvalue weighted by atomic mass is 16.3. The van der Waals surface area contributed by atoms with Crippen LogP contribution < -0.4 is 20.9 Å². The second-order valence-electron chi connectivity index (χ2n) is 12.2. The molecule has 1 aromatic carbocycles. The molecule has 4 aromatic rings. The average Bonchev–Trinajstić information content (AvgIpc) is 3.51. The minimum absolute atomic E-state index is 0.00673. The highest BCUT2D eigenvalue weighted by molar-refractivity contribution is 5.91. The van der Waals surface area contributed by atoms with Crippen LogP contribution in [0.25, 0.3) is 11.1 Å². The van der Waals surface area contributed by atoms with Crippen LogP contribution in [0.3, 0.4) is 0 Å². The number of pyridine rings is 1. The Labute approximate surface area is 263 Å². The van der Waals surface area contributed by atoms with Crippen LogP contribution in [0.5, 0.6) is 0 Å². The topological polar surface area (TPSA) is 157 Å². The number of hydrogen-bond acceptors (Lipinski definition) is 9. The smallest absolute Gasteiger partial charge is 0.323 e. The van der Waals surface area contributed by atoms with Crippen molar-refractivity contribution in [1.82, 2.24) is 30.0 Å². The number of aromatic nitrogens is 5. The molecule has 0 aliphatic heterocycles. The van der Waals surface area contributed by atoms with Crippen molar-refractivity contribution in [3.05, 3.63) is 78.4 Å². The highest BCUT2D eigenvalue weighted by Gasteiger charge is 2.31. The molecule has 0 atom stereocenters. The van der Waals surface area contributed by atoms with Gasteiger partial charge in [-0.05, 0) is 43.4 Å². The summed E-state index contributed by atoms with van der Waals surface area (Å²) < 4.78 is 1.75. The Hall–Kier alpha value is -5.02. The number of benzene rings is 1. The molecule has 12 heteroatoms. The van der Waals surface area contributed by atoms with Gasteiger partial charge in [0, 0.05) is 67.8 Å². The number of nitriles is 1. The number of aliphatic hydroxyl groups excluding tert-OH is 1. The van der Waals surface area contributed by atoms with Crippen LogP contribution >= 0.6 is 0 Å². The summed E-state index contributed by atoms with van der Waals surface area (Å²) in [6, 6.07) is 15.7. The number of anilines is 3. The molecule has 3 aromatic heterocycles. The van der Waals surface area contributed by atoms with Crippen LogP contribution in [0.15, 0.2) is 67.3 Å². The zero-order valence-electron chi connectivity index (χ0n) is 25.9. The molecule has 5 rings (SSSR count). The second-order valence-corrected chi connectivity index (χ2v) is 12.2. The number of carbonyl (C=O) groups is 1. The third kappa shape index (κ3) is 8.13. The predicted octanol–water partition coefficient (Wildman–Crippen LogP) is 4.71. The number of aryl methyl sites for hydroxylation is 1. The minimum Gasteiger partial charge on any atom is -0.396 e. The number of nitrogens with zero attached hydrogens (tertiary/aromatic N) is 7. The Bertz CT molecular complexity index is 1610. The molecule has 0 radical (unpaired) electrons. The number of hydrogen-bond donors (Lipinski definition) is 4. The molecule has 1 aliphatic carbocycles. The first-order valence-corrected chi connectivity index (χ1v) is 15.2. The molecular weight excluding hydrogens is 568 g/mol. The summed E-state index contributed by atoms with van der Waals surface area (Å²) in [7, 11) is 1.87. The van der Waals surface area contributed by atoms with Crippen molar-refractivity contribution in [2.75, 3.05) is 28.7 Å². The molecule has 4 N–H and O–H groups in total. The van der Waals surface area contributed by atoms with Gasteiger partial charge >= 0.3 is 6.03 Å². The zero-order valence-corrected chi connectivity index (χ0v) is 25.9. The van der Waals surface area contributed by atoms with Crippen LogP contribution in [0.2, 0.25) is 0 Å². The summed E-state index contributed by atoms with van der Waals surface area (Å²) in [6.45, 7) is 4.75. The van der Waals surface area contributed by atoms with E-state index in [1.165, 1.54) is 6.20 Å². The molecule has 1 aliphatic rings. The van der Waals surface area contributed by atoms with Gasteiger partial charge in [-0.2, -0.15) is 15.3 Å². The van der Waals surface area contributed by atoms with Gasteiger partial charge in [-0.3, -0.25) is 9.58 Å². The number of urea groups is 1. The third-order valence-electron chi connectivity index (χ3n) is 8.00. The Morgan fingerprint density at radius 1 is 1.07 bits per heavy atom. The van der Waals surface area contributed by atoms with Gasteiger partial charge in [0.2, 0.25) is 5.95 Å². The maximum absolute atomic E-state index is 13.7. The normalized spacial score (nSPS) is 16.4. The van der Waals surface area contributed by atoms with Gasteiger partial charge in [0.1, 0.15) is 23.3 Å². The van der Waals surface area contributed by atoms with Crippen molar-refractivity contribution in [2.24, 2.45) is 12.5 Å². The number of carbonyl (C=O) groups excluding carboxylic acids is 1. The zero-order chi connectivity index (χ0) is 31.8. The van der Waals surface area contributed by atoms with E-state index < -0.39 is 0 Å². The van der Waals surface area contributed by atoms with E-state index in [1.807, 2.05) is 69.6 Å². The van der Waals surface area contributed by atoms with Gasteiger partial charge in [0.25, 0.3) is 0 Å². The van der Waals surface area contributed by atoms with Crippen LogP contribution in [-0.2, 0) is 13.6 Å². The van der Waals surface area contributed by atoms with Crippen molar-refractivity contribution in [2.45, 2.75) is 58.2 Å². The lowest BCUT2D eigenvalue weighted by molar-refractivity contribution is 0.170. The molecule has 3 heterocycles. The lowest BCUT2D eigenvalue weighted by Crippen LogP contribution is -2.49. The standard InChI is InChI=1S/C33H40N10O2/c1-33(2,22-44)21-38-30-25(15-34)18-36-31(41-30)40-27-10-12-28(13-11-27)43(32(45)37-16-23-7-5-4-6-8-23)29-14-9-24(17-35-29)26-19-39-42(3)20-26/h4-9,14,17-20,27-28,44H,10-13,16,21-22H2,1-3H3,(H,37,45)(H2,36,38,40,41)/t27-,28-. The second kappa shape index (κ2) is 14.2. The number of aliphatic hydroxyl groups is 1. The average molecular weight is 609 g/mol.